The van der Waals surface area contributed by atoms with Gasteiger partial charge < -0.3 is 5.32 Å². The Hall–Kier alpha value is -1.03. The number of hydrogen-bond donors (Lipinski definition) is 1. The molecule has 1 nitrogen and oxygen atoms in total. The maximum atomic E-state index is 12.8. The first kappa shape index (κ1) is 16.3. The van der Waals surface area contributed by atoms with E-state index < -0.39 is 11.7 Å². The van der Waals surface area contributed by atoms with Gasteiger partial charge in [-0.25, -0.2) is 0 Å². The Morgan fingerprint density at radius 3 is 2.67 bits per heavy atom. The molecule has 1 saturated carbocycles. The standard InChI is InChI=1S/C17H24F3N/c1-2-10-21-16-9-4-3-7-14(16)11-13-6-5-8-15(12-13)17(18,19)20/h5-6,8,12,14,16,21H,2-4,7,9-11H2,1H3. The fourth-order valence-corrected chi connectivity index (χ4v) is 3.23. The summed E-state index contributed by atoms with van der Waals surface area (Å²) in [5, 5.41) is 3.56. The van der Waals surface area contributed by atoms with Crippen molar-refractivity contribution < 1.29 is 13.2 Å². The molecule has 4 heteroatoms. The van der Waals surface area contributed by atoms with Gasteiger partial charge in [0.2, 0.25) is 0 Å². The zero-order valence-electron chi connectivity index (χ0n) is 12.5. The normalized spacial score (nSPS) is 23.2. The third-order valence-electron chi connectivity index (χ3n) is 4.32. The van der Waals surface area contributed by atoms with Crippen LogP contribution >= 0.6 is 0 Å². The fourth-order valence-electron chi connectivity index (χ4n) is 3.23. The van der Waals surface area contributed by atoms with Crippen molar-refractivity contribution >= 4 is 0 Å². The van der Waals surface area contributed by atoms with Crippen LogP contribution < -0.4 is 5.32 Å². The van der Waals surface area contributed by atoms with Crippen molar-refractivity contribution in [3.8, 4) is 0 Å². The van der Waals surface area contributed by atoms with Crippen LogP contribution in [0.3, 0.4) is 0 Å². The maximum absolute atomic E-state index is 12.8. The summed E-state index contributed by atoms with van der Waals surface area (Å²) in [5.41, 5.74) is 0.272. The molecule has 1 aliphatic carbocycles. The molecular weight excluding hydrogens is 275 g/mol. The lowest BCUT2D eigenvalue weighted by Crippen LogP contribution is -2.39. The Balaban J connectivity index is 2.05. The minimum absolute atomic E-state index is 0.452. The van der Waals surface area contributed by atoms with Crippen LogP contribution in [-0.2, 0) is 12.6 Å². The van der Waals surface area contributed by atoms with E-state index in [0.29, 0.717) is 12.0 Å². The number of alkyl halides is 3. The lowest BCUT2D eigenvalue weighted by atomic mass is 9.80. The van der Waals surface area contributed by atoms with Crippen LogP contribution in [0.5, 0.6) is 0 Å². The predicted molar refractivity (Wildman–Crippen MR) is 79.2 cm³/mol. The highest BCUT2D eigenvalue weighted by molar-refractivity contribution is 5.26. The van der Waals surface area contributed by atoms with E-state index in [1.165, 1.54) is 25.0 Å². The molecule has 2 rings (SSSR count). The molecule has 0 saturated heterocycles. The van der Waals surface area contributed by atoms with E-state index in [4.69, 9.17) is 0 Å². The van der Waals surface area contributed by atoms with Crippen molar-refractivity contribution in [2.75, 3.05) is 6.54 Å². The van der Waals surface area contributed by atoms with Gasteiger partial charge in [-0.1, -0.05) is 38.0 Å². The van der Waals surface area contributed by atoms with E-state index in [1.54, 1.807) is 0 Å². The van der Waals surface area contributed by atoms with Gasteiger partial charge in [0.25, 0.3) is 0 Å². The topological polar surface area (TPSA) is 12.0 Å². The lowest BCUT2D eigenvalue weighted by molar-refractivity contribution is -0.137. The first-order valence-electron chi connectivity index (χ1n) is 7.90. The predicted octanol–water partition coefficient (Wildman–Crippen LogP) is 4.81. The van der Waals surface area contributed by atoms with E-state index in [2.05, 4.69) is 12.2 Å². The Labute approximate surface area is 124 Å². The largest absolute Gasteiger partial charge is 0.416 e. The fraction of sp³-hybridized carbons (Fsp3) is 0.647. The number of benzene rings is 1. The maximum Gasteiger partial charge on any atom is 0.416 e. The molecule has 0 aromatic heterocycles. The monoisotopic (exact) mass is 299 g/mol. The highest BCUT2D eigenvalue weighted by Crippen LogP contribution is 2.32. The summed E-state index contributed by atoms with van der Waals surface area (Å²) in [4.78, 5) is 0. The summed E-state index contributed by atoms with van der Waals surface area (Å²) in [6.07, 6.45) is 2.25. The Morgan fingerprint density at radius 1 is 1.19 bits per heavy atom. The molecular formula is C17H24F3N. The molecule has 118 valence electrons. The van der Waals surface area contributed by atoms with Crippen LogP contribution in [0, 0.1) is 5.92 Å². The summed E-state index contributed by atoms with van der Waals surface area (Å²) < 4.78 is 38.3. The van der Waals surface area contributed by atoms with Gasteiger partial charge in [-0.15, -0.1) is 0 Å². The SMILES string of the molecule is CCCNC1CCCCC1Cc1cccc(C(F)(F)F)c1. The zero-order chi connectivity index (χ0) is 15.3. The van der Waals surface area contributed by atoms with E-state index in [9.17, 15) is 13.2 Å². The Bertz CT molecular complexity index is 442. The highest BCUT2D eigenvalue weighted by Gasteiger charge is 2.31. The smallest absolute Gasteiger partial charge is 0.314 e. The van der Waals surface area contributed by atoms with Crippen molar-refractivity contribution in [2.45, 2.75) is 57.7 Å². The van der Waals surface area contributed by atoms with Gasteiger partial charge in [0, 0.05) is 6.04 Å². The third kappa shape index (κ3) is 4.73. The average molecular weight is 299 g/mol. The van der Waals surface area contributed by atoms with Crippen LogP contribution in [0.1, 0.15) is 50.2 Å². The molecule has 21 heavy (non-hydrogen) atoms. The Kier molecular flexibility index (Phi) is 5.68. The first-order valence-corrected chi connectivity index (χ1v) is 7.90. The quantitative estimate of drug-likeness (QED) is 0.823. The summed E-state index contributed by atoms with van der Waals surface area (Å²) in [7, 11) is 0. The van der Waals surface area contributed by atoms with Crippen LogP contribution in [0.15, 0.2) is 24.3 Å². The molecule has 1 N–H and O–H groups in total. The van der Waals surface area contributed by atoms with Gasteiger partial charge in [-0.2, -0.15) is 13.2 Å². The van der Waals surface area contributed by atoms with Crippen molar-refractivity contribution in [1.29, 1.82) is 0 Å². The second-order valence-corrected chi connectivity index (χ2v) is 6.01. The van der Waals surface area contributed by atoms with Gasteiger partial charge >= 0.3 is 6.18 Å². The molecule has 0 aliphatic heterocycles. The first-order chi connectivity index (χ1) is 10.0. The van der Waals surface area contributed by atoms with Gasteiger partial charge in [0.05, 0.1) is 5.56 Å². The highest BCUT2D eigenvalue weighted by atomic mass is 19.4. The van der Waals surface area contributed by atoms with Gasteiger partial charge in [-0.05, 0) is 49.8 Å². The Morgan fingerprint density at radius 2 is 1.95 bits per heavy atom. The van der Waals surface area contributed by atoms with E-state index >= 15 is 0 Å². The summed E-state index contributed by atoms with van der Waals surface area (Å²) in [6.45, 7) is 3.13. The molecule has 0 amide bonds. The lowest BCUT2D eigenvalue weighted by Gasteiger charge is -2.32. The molecule has 1 aliphatic rings. The minimum atomic E-state index is -4.25. The van der Waals surface area contributed by atoms with E-state index in [-0.39, 0.29) is 0 Å². The molecule has 1 aromatic carbocycles. The van der Waals surface area contributed by atoms with E-state index in [0.717, 1.165) is 43.9 Å². The molecule has 0 radical (unpaired) electrons. The van der Waals surface area contributed by atoms with Gasteiger partial charge in [0.1, 0.15) is 0 Å². The van der Waals surface area contributed by atoms with Crippen molar-refractivity contribution in [3.63, 3.8) is 0 Å². The van der Waals surface area contributed by atoms with Crippen molar-refractivity contribution in [1.82, 2.24) is 5.32 Å². The van der Waals surface area contributed by atoms with Crippen LogP contribution in [0.4, 0.5) is 13.2 Å². The molecule has 1 fully saturated rings. The molecule has 2 unspecified atom stereocenters. The van der Waals surface area contributed by atoms with Gasteiger partial charge in [-0.3, -0.25) is 0 Å². The molecule has 1 aromatic rings. The van der Waals surface area contributed by atoms with Crippen LogP contribution in [0.25, 0.3) is 0 Å². The number of hydrogen-bond acceptors (Lipinski definition) is 1. The third-order valence-corrected chi connectivity index (χ3v) is 4.32. The van der Waals surface area contributed by atoms with Crippen LogP contribution in [0.2, 0.25) is 0 Å². The molecule has 0 spiro atoms. The molecule has 0 heterocycles. The van der Waals surface area contributed by atoms with Crippen molar-refractivity contribution in [2.24, 2.45) is 5.92 Å². The number of nitrogens with one attached hydrogen (secondary N) is 1. The van der Waals surface area contributed by atoms with E-state index in [1.807, 2.05) is 6.07 Å². The average Bonchev–Trinajstić information content (AvgIpc) is 2.46. The second-order valence-electron chi connectivity index (χ2n) is 6.01. The zero-order valence-corrected chi connectivity index (χ0v) is 12.5. The summed E-state index contributed by atoms with van der Waals surface area (Å²) in [5.74, 6) is 0.453. The number of rotatable bonds is 5. The minimum Gasteiger partial charge on any atom is -0.314 e. The summed E-state index contributed by atoms with van der Waals surface area (Å²) >= 11 is 0. The number of halogens is 3. The molecule has 2 atom stereocenters. The summed E-state index contributed by atoms with van der Waals surface area (Å²) in [6, 6.07) is 6.26. The molecule has 0 bridgehead atoms. The van der Waals surface area contributed by atoms with Crippen molar-refractivity contribution in [3.05, 3.63) is 35.4 Å². The van der Waals surface area contributed by atoms with Crippen LogP contribution in [-0.4, -0.2) is 12.6 Å². The van der Waals surface area contributed by atoms with Gasteiger partial charge in [0.15, 0.2) is 0 Å². The second kappa shape index (κ2) is 7.30.